The van der Waals surface area contributed by atoms with Crippen LogP contribution in [0.25, 0.3) is 0 Å². The summed E-state index contributed by atoms with van der Waals surface area (Å²) >= 11 is 0. The van der Waals surface area contributed by atoms with Gasteiger partial charge in [0.1, 0.15) is 11.6 Å². The van der Waals surface area contributed by atoms with Gasteiger partial charge in [-0.25, -0.2) is 8.78 Å². The smallest absolute Gasteiger partial charge is 0.123 e. The molecule has 1 unspecified atom stereocenters. The molecule has 0 saturated carbocycles. The second-order valence-corrected chi connectivity index (χ2v) is 5.38. The van der Waals surface area contributed by atoms with Crippen LogP contribution in [0.4, 0.5) is 8.78 Å². The van der Waals surface area contributed by atoms with Gasteiger partial charge in [0, 0.05) is 12.1 Å². The number of aryl methyl sites for hydroxylation is 1. The maximum absolute atomic E-state index is 13.3. The summed E-state index contributed by atoms with van der Waals surface area (Å²) in [6.07, 6.45) is 1.85. The fourth-order valence-electron chi connectivity index (χ4n) is 2.93. The van der Waals surface area contributed by atoms with Crippen LogP contribution in [0.5, 0.6) is 0 Å². The minimum Gasteiger partial charge on any atom is -0.303 e. The first-order valence-corrected chi connectivity index (χ1v) is 6.93. The lowest BCUT2D eigenvalue weighted by atomic mass is 10.0. The summed E-state index contributed by atoms with van der Waals surface area (Å²) in [6.45, 7) is 2.02. The van der Waals surface area contributed by atoms with Crippen LogP contribution in [-0.2, 0) is 6.42 Å². The van der Waals surface area contributed by atoms with E-state index in [1.807, 2.05) is 19.1 Å². The van der Waals surface area contributed by atoms with Crippen molar-refractivity contribution in [2.24, 2.45) is 0 Å². The number of rotatable bonds is 3. The largest absolute Gasteiger partial charge is 0.303 e. The Morgan fingerprint density at radius 3 is 2.70 bits per heavy atom. The van der Waals surface area contributed by atoms with Crippen LogP contribution >= 0.6 is 0 Å². The van der Waals surface area contributed by atoms with Gasteiger partial charge in [-0.2, -0.15) is 0 Å². The van der Waals surface area contributed by atoms with Gasteiger partial charge in [-0.05, 0) is 60.7 Å². The third-order valence-electron chi connectivity index (χ3n) is 3.98. The minimum absolute atomic E-state index is 0.0618. The molecule has 0 bridgehead atoms. The quantitative estimate of drug-likeness (QED) is 0.879. The summed E-state index contributed by atoms with van der Waals surface area (Å²) in [5, 5.41) is 3.51. The molecule has 2 atom stereocenters. The van der Waals surface area contributed by atoms with E-state index in [0.29, 0.717) is 0 Å². The molecule has 1 nitrogen and oxygen atoms in total. The van der Waals surface area contributed by atoms with Crippen molar-refractivity contribution in [2.75, 3.05) is 0 Å². The van der Waals surface area contributed by atoms with E-state index < -0.39 is 0 Å². The van der Waals surface area contributed by atoms with Gasteiger partial charge in [0.25, 0.3) is 0 Å². The van der Waals surface area contributed by atoms with E-state index in [9.17, 15) is 8.78 Å². The average Bonchev–Trinajstić information content (AvgIpc) is 2.81. The Balaban J connectivity index is 1.77. The number of benzene rings is 2. The van der Waals surface area contributed by atoms with Gasteiger partial charge in [-0.15, -0.1) is 0 Å². The average molecular weight is 273 g/mol. The van der Waals surface area contributed by atoms with Crippen molar-refractivity contribution >= 4 is 0 Å². The number of halogens is 2. The molecule has 3 rings (SSSR count). The van der Waals surface area contributed by atoms with Crippen molar-refractivity contribution in [1.29, 1.82) is 0 Å². The second kappa shape index (κ2) is 5.33. The van der Waals surface area contributed by atoms with Crippen LogP contribution in [0.15, 0.2) is 42.5 Å². The molecule has 0 radical (unpaired) electrons. The molecule has 0 heterocycles. The number of nitrogens with one attached hydrogen (secondary N) is 1. The van der Waals surface area contributed by atoms with Crippen molar-refractivity contribution < 1.29 is 8.78 Å². The monoisotopic (exact) mass is 273 g/mol. The second-order valence-electron chi connectivity index (χ2n) is 5.38. The molecular weight excluding hydrogens is 256 g/mol. The fraction of sp³-hybridized carbons (Fsp3) is 0.294. The Kier molecular flexibility index (Phi) is 3.53. The van der Waals surface area contributed by atoms with Gasteiger partial charge in [0.05, 0.1) is 0 Å². The Morgan fingerprint density at radius 1 is 1.10 bits per heavy atom. The molecule has 3 heteroatoms. The highest BCUT2D eigenvalue weighted by Gasteiger charge is 2.24. The molecule has 0 spiro atoms. The summed E-state index contributed by atoms with van der Waals surface area (Å²) < 4.78 is 26.5. The number of hydrogen-bond acceptors (Lipinski definition) is 1. The lowest BCUT2D eigenvalue weighted by Crippen LogP contribution is -2.23. The highest BCUT2D eigenvalue weighted by Crippen LogP contribution is 2.33. The summed E-state index contributed by atoms with van der Waals surface area (Å²) in [5.41, 5.74) is 3.17. The SMILES string of the molecule is C[C@@H](NC1CCc2cc(F)ccc21)c1cccc(F)c1. The Hall–Kier alpha value is -1.74. The van der Waals surface area contributed by atoms with E-state index in [1.165, 1.54) is 12.1 Å². The van der Waals surface area contributed by atoms with Crippen molar-refractivity contribution in [3.8, 4) is 0 Å². The van der Waals surface area contributed by atoms with Gasteiger partial charge in [-0.1, -0.05) is 18.2 Å². The van der Waals surface area contributed by atoms with Crippen molar-refractivity contribution in [2.45, 2.75) is 31.8 Å². The molecule has 0 amide bonds. The molecular formula is C17H17F2N. The van der Waals surface area contributed by atoms with E-state index in [-0.39, 0.29) is 23.7 Å². The summed E-state index contributed by atoms with van der Waals surface area (Å²) in [4.78, 5) is 0. The third kappa shape index (κ3) is 2.59. The zero-order valence-electron chi connectivity index (χ0n) is 11.4. The van der Waals surface area contributed by atoms with Crippen LogP contribution in [0, 0.1) is 11.6 Å². The molecule has 1 aliphatic carbocycles. The highest BCUT2D eigenvalue weighted by molar-refractivity contribution is 5.35. The first-order valence-electron chi connectivity index (χ1n) is 6.93. The molecule has 0 fully saturated rings. The van der Waals surface area contributed by atoms with E-state index in [4.69, 9.17) is 0 Å². The first kappa shape index (κ1) is 13.3. The Labute approximate surface area is 117 Å². The molecule has 20 heavy (non-hydrogen) atoms. The predicted molar refractivity (Wildman–Crippen MR) is 75.4 cm³/mol. The van der Waals surface area contributed by atoms with Gasteiger partial charge >= 0.3 is 0 Å². The Morgan fingerprint density at radius 2 is 1.90 bits per heavy atom. The fourth-order valence-corrected chi connectivity index (χ4v) is 2.93. The van der Waals surface area contributed by atoms with Crippen molar-refractivity contribution in [3.63, 3.8) is 0 Å². The first-order chi connectivity index (χ1) is 9.63. The highest BCUT2D eigenvalue weighted by atomic mass is 19.1. The molecule has 1 N–H and O–H groups in total. The third-order valence-corrected chi connectivity index (χ3v) is 3.98. The van der Waals surface area contributed by atoms with Gasteiger partial charge in [-0.3, -0.25) is 0 Å². The zero-order chi connectivity index (χ0) is 14.1. The Bertz CT molecular complexity index is 624. The van der Waals surface area contributed by atoms with Gasteiger partial charge in [0.15, 0.2) is 0 Å². The standard InChI is InChI=1S/C17H17F2N/c1-11(12-3-2-4-14(18)9-12)20-17-8-5-13-10-15(19)6-7-16(13)17/h2-4,6-7,9-11,17,20H,5,8H2,1H3/t11-,17?/m1/s1. The van der Waals surface area contributed by atoms with Gasteiger partial charge in [0.2, 0.25) is 0 Å². The van der Waals surface area contributed by atoms with Crippen molar-refractivity contribution in [1.82, 2.24) is 5.32 Å². The van der Waals surface area contributed by atoms with E-state index in [0.717, 1.165) is 29.5 Å². The summed E-state index contributed by atoms with van der Waals surface area (Å²) in [6, 6.07) is 11.9. The molecule has 0 saturated heterocycles. The summed E-state index contributed by atoms with van der Waals surface area (Å²) in [5.74, 6) is -0.396. The molecule has 0 aliphatic heterocycles. The normalized spacial score (nSPS) is 18.9. The molecule has 104 valence electrons. The lowest BCUT2D eigenvalue weighted by molar-refractivity contribution is 0.463. The van der Waals surface area contributed by atoms with E-state index in [2.05, 4.69) is 5.32 Å². The van der Waals surface area contributed by atoms with Crippen LogP contribution in [-0.4, -0.2) is 0 Å². The van der Waals surface area contributed by atoms with E-state index in [1.54, 1.807) is 18.2 Å². The maximum atomic E-state index is 13.3. The van der Waals surface area contributed by atoms with Crippen LogP contribution in [0.3, 0.4) is 0 Å². The number of hydrogen-bond donors (Lipinski definition) is 1. The zero-order valence-corrected chi connectivity index (χ0v) is 11.4. The van der Waals surface area contributed by atoms with Gasteiger partial charge < -0.3 is 5.32 Å². The topological polar surface area (TPSA) is 12.0 Å². The maximum Gasteiger partial charge on any atom is 0.123 e. The summed E-state index contributed by atoms with van der Waals surface area (Å²) in [7, 11) is 0. The molecule has 1 aliphatic rings. The molecule has 2 aromatic carbocycles. The van der Waals surface area contributed by atoms with Crippen LogP contribution in [0.2, 0.25) is 0 Å². The minimum atomic E-state index is -0.218. The van der Waals surface area contributed by atoms with Crippen LogP contribution in [0.1, 0.15) is 42.1 Å². The van der Waals surface area contributed by atoms with E-state index >= 15 is 0 Å². The lowest BCUT2D eigenvalue weighted by Gasteiger charge is -2.21. The van der Waals surface area contributed by atoms with Crippen molar-refractivity contribution in [3.05, 3.63) is 70.8 Å². The molecule has 2 aromatic rings. The molecule has 0 aromatic heterocycles. The predicted octanol–water partition coefficient (Wildman–Crippen LogP) is 4.30. The number of fused-ring (bicyclic) bond motifs is 1. The van der Waals surface area contributed by atoms with Crippen LogP contribution < -0.4 is 5.32 Å².